The zero-order valence-corrected chi connectivity index (χ0v) is 12.6. The maximum absolute atomic E-state index is 13.8. The molecule has 2 unspecified atom stereocenters. The fourth-order valence-electron chi connectivity index (χ4n) is 3.02. The second-order valence-electron chi connectivity index (χ2n) is 6.05. The van der Waals surface area contributed by atoms with E-state index in [9.17, 15) is 8.78 Å². The van der Waals surface area contributed by atoms with Gasteiger partial charge in [-0.15, -0.1) is 12.4 Å². The molecule has 0 saturated heterocycles. The quantitative estimate of drug-likeness (QED) is 0.938. The summed E-state index contributed by atoms with van der Waals surface area (Å²) in [5.41, 5.74) is 5.79. The van der Waals surface area contributed by atoms with E-state index >= 15 is 0 Å². The Morgan fingerprint density at radius 2 is 1.86 bits per heavy atom. The van der Waals surface area contributed by atoms with E-state index < -0.39 is 17.2 Å². The molecule has 2 saturated carbocycles. The SMILES string of the molecule is Cl.NC1(c2noc(C3CC3c3c(F)cccc3F)n2)CCC1. The highest BCUT2D eigenvalue weighted by Gasteiger charge is 2.48. The highest BCUT2D eigenvalue weighted by atomic mass is 35.5. The number of rotatable bonds is 3. The number of nitrogens with two attached hydrogens (primary N) is 1. The maximum Gasteiger partial charge on any atom is 0.230 e. The lowest BCUT2D eigenvalue weighted by molar-refractivity contribution is 0.229. The third kappa shape index (κ3) is 2.30. The molecule has 0 radical (unpaired) electrons. The second kappa shape index (κ2) is 5.28. The van der Waals surface area contributed by atoms with Gasteiger partial charge in [0.15, 0.2) is 5.82 Å². The van der Waals surface area contributed by atoms with Gasteiger partial charge in [0.25, 0.3) is 0 Å². The van der Waals surface area contributed by atoms with Crippen LogP contribution in [0.1, 0.15) is 54.8 Å². The Kier molecular flexibility index (Phi) is 3.69. The van der Waals surface area contributed by atoms with Crippen molar-refractivity contribution in [3.05, 3.63) is 47.1 Å². The Hall–Kier alpha value is -1.53. The van der Waals surface area contributed by atoms with Crippen LogP contribution in [-0.2, 0) is 5.54 Å². The standard InChI is InChI=1S/C15H15F2N3O.ClH/c16-10-3-1-4-11(17)12(10)8-7-9(8)13-19-14(20-21-13)15(18)5-2-6-15;/h1,3-4,8-9H,2,5-7,18H2;1H. The van der Waals surface area contributed by atoms with Gasteiger partial charge in [0.05, 0.1) is 5.54 Å². The van der Waals surface area contributed by atoms with E-state index in [1.54, 1.807) is 0 Å². The number of nitrogens with zero attached hydrogens (tertiary/aromatic N) is 2. The molecule has 4 rings (SSSR count). The molecule has 2 N–H and O–H groups in total. The van der Waals surface area contributed by atoms with E-state index in [-0.39, 0.29) is 29.8 Å². The van der Waals surface area contributed by atoms with Crippen LogP contribution in [0.5, 0.6) is 0 Å². The fourth-order valence-corrected chi connectivity index (χ4v) is 3.02. The van der Waals surface area contributed by atoms with Crippen LogP contribution in [0, 0.1) is 11.6 Å². The number of hydrogen-bond donors (Lipinski definition) is 1. The Morgan fingerprint density at radius 1 is 1.18 bits per heavy atom. The number of halogens is 3. The summed E-state index contributed by atoms with van der Waals surface area (Å²) in [7, 11) is 0. The number of hydrogen-bond acceptors (Lipinski definition) is 4. The largest absolute Gasteiger partial charge is 0.339 e. The molecule has 0 amide bonds. The Morgan fingerprint density at radius 3 is 2.45 bits per heavy atom. The zero-order chi connectivity index (χ0) is 14.6. The number of aromatic nitrogens is 2. The average Bonchev–Trinajstić information content (AvgIpc) is 3.03. The first-order chi connectivity index (χ1) is 10.1. The summed E-state index contributed by atoms with van der Waals surface area (Å²) in [5.74, 6) is -0.415. The summed E-state index contributed by atoms with van der Waals surface area (Å²) in [5, 5.41) is 3.95. The van der Waals surface area contributed by atoms with Crippen molar-refractivity contribution in [1.82, 2.24) is 10.1 Å². The van der Waals surface area contributed by atoms with E-state index in [4.69, 9.17) is 10.3 Å². The highest BCUT2D eigenvalue weighted by molar-refractivity contribution is 5.85. The van der Waals surface area contributed by atoms with Gasteiger partial charge in [0.1, 0.15) is 11.6 Å². The molecule has 1 aromatic heterocycles. The molecule has 0 bridgehead atoms. The number of benzene rings is 1. The molecule has 2 fully saturated rings. The maximum atomic E-state index is 13.8. The highest BCUT2D eigenvalue weighted by Crippen LogP contribution is 2.55. The summed E-state index contributed by atoms with van der Waals surface area (Å²) in [4.78, 5) is 4.35. The third-order valence-electron chi connectivity index (χ3n) is 4.61. The molecule has 1 aromatic carbocycles. The summed E-state index contributed by atoms with van der Waals surface area (Å²) in [6.07, 6.45) is 3.38. The monoisotopic (exact) mass is 327 g/mol. The molecule has 2 aliphatic carbocycles. The summed E-state index contributed by atoms with van der Waals surface area (Å²) in [6, 6.07) is 3.91. The Balaban J connectivity index is 0.00000144. The fraction of sp³-hybridized carbons (Fsp3) is 0.467. The molecule has 118 valence electrons. The first-order valence-corrected chi connectivity index (χ1v) is 7.15. The lowest BCUT2D eigenvalue weighted by Crippen LogP contribution is -2.44. The van der Waals surface area contributed by atoms with Gasteiger partial charge in [-0.05, 0) is 37.8 Å². The molecule has 22 heavy (non-hydrogen) atoms. The van der Waals surface area contributed by atoms with Gasteiger partial charge in [0.2, 0.25) is 5.89 Å². The van der Waals surface area contributed by atoms with Gasteiger partial charge in [-0.2, -0.15) is 4.98 Å². The molecular formula is C15H16ClF2N3O. The van der Waals surface area contributed by atoms with Crippen LogP contribution >= 0.6 is 12.4 Å². The van der Waals surface area contributed by atoms with Gasteiger partial charge in [-0.1, -0.05) is 11.2 Å². The van der Waals surface area contributed by atoms with E-state index in [1.807, 2.05) is 0 Å². The molecule has 1 heterocycles. The van der Waals surface area contributed by atoms with Crippen LogP contribution in [0.3, 0.4) is 0 Å². The van der Waals surface area contributed by atoms with Crippen molar-refractivity contribution in [2.24, 2.45) is 5.73 Å². The first-order valence-electron chi connectivity index (χ1n) is 7.15. The van der Waals surface area contributed by atoms with E-state index in [1.165, 1.54) is 18.2 Å². The minimum Gasteiger partial charge on any atom is -0.339 e. The lowest BCUT2D eigenvalue weighted by atomic mass is 9.77. The van der Waals surface area contributed by atoms with Crippen molar-refractivity contribution in [1.29, 1.82) is 0 Å². The molecule has 2 atom stereocenters. The Bertz CT molecular complexity index is 682. The zero-order valence-electron chi connectivity index (χ0n) is 11.8. The topological polar surface area (TPSA) is 64.9 Å². The molecule has 0 spiro atoms. The van der Waals surface area contributed by atoms with Crippen molar-refractivity contribution in [2.45, 2.75) is 43.1 Å². The summed E-state index contributed by atoms with van der Waals surface area (Å²) < 4.78 is 32.8. The molecule has 2 aromatic rings. The van der Waals surface area contributed by atoms with Crippen molar-refractivity contribution in [3.63, 3.8) is 0 Å². The van der Waals surface area contributed by atoms with Gasteiger partial charge in [0, 0.05) is 17.4 Å². The van der Waals surface area contributed by atoms with E-state index in [0.29, 0.717) is 18.1 Å². The van der Waals surface area contributed by atoms with Crippen LogP contribution in [0.25, 0.3) is 0 Å². The normalized spacial score (nSPS) is 25.2. The second-order valence-corrected chi connectivity index (χ2v) is 6.05. The van der Waals surface area contributed by atoms with Crippen molar-refractivity contribution in [3.8, 4) is 0 Å². The van der Waals surface area contributed by atoms with Crippen LogP contribution in [0.2, 0.25) is 0 Å². The first kappa shape index (κ1) is 15.4. The van der Waals surface area contributed by atoms with Gasteiger partial charge >= 0.3 is 0 Å². The third-order valence-corrected chi connectivity index (χ3v) is 4.61. The van der Waals surface area contributed by atoms with Crippen LogP contribution in [0.4, 0.5) is 8.78 Å². The minimum absolute atomic E-state index is 0. The molecule has 2 aliphatic rings. The molecule has 0 aliphatic heterocycles. The van der Waals surface area contributed by atoms with Gasteiger partial charge < -0.3 is 10.3 Å². The Labute approximate surface area is 132 Å². The van der Waals surface area contributed by atoms with Crippen LogP contribution in [-0.4, -0.2) is 10.1 Å². The predicted molar refractivity (Wildman–Crippen MR) is 77.7 cm³/mol. The minimum atomic E-state index is -0.517. The summed E-state index contributed by atoms with van der Waals surface area (Å²) >= 11 is 0. The van der Waals surface area contributed by atoms with Gasteiger partial charge in [-0.3, -0.25) is 0 Å². The predicted octanol–water partition coefficient (Wildman–Crippen LogP) is 3.38. The van der Waals surface area contributed by atoms with Crippen molar-refractivity contribution in [2.75, 3.05) is 0 Å². The molecular weight excluding hydrogens is 312 g/mol. The van der Waals surface area contributed by atoms with E-state index in [2.05, 4.69) is 10.1 Å². The lowest BCUT2D eigenvalue weighted by Gasteiger charge is -2.34. The molecule has 7 heteroatoms. The smallest absolute Gasteiger partial charge is 0.230 e. The molecule has 4 nitrogen and oxygen atoms in total. The summed E-state index contributed by atoms with van der Waals surface area (Å²) in [6.45, 7) is 0. The van der Waals surface area contributed by atoms with Gasteiger partial charge in [-0.25, -0.2) is 8.78 Å². The van der Waals surface area contributed by atoms with Crippen molar-refractivity contribution < 1.29 is 13.3 Å². The van der Waals surface area contributed by atoms with E-state index in [0.717, 1.165) is 19.3 Å². The van der Waals surface area contributed by atoms with Crippen molar-refractivity contribution >= 4 is 12.4 Å². The average molecular weight is 328 g/mol. The van der Waals surface area contributed by atoms with Crippen LogP contribution < -0.4 is 5.73 Å². The van der Waals surface area contributed by atoms with Crippen LogP contribution in [0.15, 0.2) is 22.7 Å².